The monoisotopic (exact) mass is 274 g/mol. The van der Waals surface area contributed by atoms with Crippen molar-refractivity contribution in [3.63, 3.8) is 0 Å². The molecule has 19 heavy (non-hydrogen) atoms. The molecule has 0 aliphatic heterocycles. The summed E-state index contributed by atoms with van der Waals surface area (Å²) in [7, 11) is 1.96. The van der Waals surface area contributed by atoms with E-state index >= 15 is 0 Å². The third kappa shape index (κ3) is 2.30. The topological polar surface area (TPSA) is 17.8 Å². The number of alkyl halides is 1. The molecule has 100 valence electrons. The summed E-state index contributed by atoms with van der Waals surface area (Å²) in [6, 6.07) is 10.9. The molecule has 3 heteroatoms. The van der Waals surface area contributed by atoms with E-state index in [0.717, 1.165) is 18.5 Å². The zero-order valence-electron chi connectivity index (χ0n) is 11.3. The maximum Gasteiger partial charge on any atom is 0.0633 e. The summed E-state index contributed by atoms with van der Waals surface area (Å²) in [6.45, 7) is 0. The van der Waals surface area contributed by atoms with Crippen molar-refractivity contribution in [2.45, 2.75) is 31.1 Å². The van der Waals surface area contributed by atoms with Gasteiger partial charge in [0.2, 0.25) is 0 Å². The van der Waals surface area contributed by atoms with Crippen LogP contribution in [0, 0.1) is 0 Å². The Morgan fingerprint density at radius 3 is 2.89 bits per heavy atom. The summed E-state index contributed by atoms with van der Waals surface area (Å²) in [6.07, 6.45) is 6.50. The number of hydrogen-bond donors (Lipinski definition) is 0. The molecule has 0 fully saturated rings. The van der Waals surface area contributed by atoms with Gasteiger partial charge in [0.25, 0.3) is 0 Å². The molecule has 2 aromatic rings. The Labute approximate surface area is 119 Å². The first-order valence-corrected chi connectivity index (χ1v) is 7.40. The highest BCUT2D eigenvalue weighted by atomic mass is 35.5. The molecule has 1 aromatic carbocycles. The van der Waals surface area contributed by atoms with Crippen LogP contribution in [0.2, 0.25) is 0 Å². The summed E-state index contributed by atoms with van der Waals surface area (Å²) in [5.74, 6) is 0.667. The number of halogens is 1. The van der Waals surface area contributed by atoms with E-state index in [1.54, 1.807) is 0 Å². The maximum absolute atomic E-state index is 6.39. The molecule has 0 radical (unpaired) electrons. The van der Waals surface area contributed by atoms with Gasteiger partial charge in [-0.25, -0.2) is 0 Å². The van der Waals surface area contributed by atoms with E-state index in [0.29, 0.717) is 5.88 Å². The van der Waals surface area contributed by atoms with Crippen molar-refractivity contribution in [1.82, 2.24) is 9.78 Å². The Morgan fingerprint density at radius 1 is 1.32 bits per heavy atom. The first-order valence-electron chi connectivity index (χ1n) is 6.86. The molecule has 0 saturated heterocycles. The lowest BCUT2D eigenvalue weighted by Gasteiger charge is -2.37. The summed E-state index contributed by atoms with van der Waals surface area (Å²) < 4.78 is 1.87. The second-order valence-corrected chi connectivity index (χ2v) is 5.85. The van der Waals surface area contributed by atoms with Gasteiger partial charge in [-0.05, 0) is 36.5 Å². The lowest BCUT2D eigenvalue weighted by atomic mass is 9.69. The van der Waals surface area contributed by atoms with E-state index in [-0.39, 0.29) is 5.41 Å². The van der Waals surface area contributed by atoms with Crippen molar-refractivity contribution >= 4 is 11.6 Å². The van der Waals surface area contributed by atoms with Crippen molar-refractivity contribution in [3.8, 4) is 0 Å². The van der Waals surface area contributed by atoms with Crippen LogP contribution >= 0.6 is 11.6 Å². The maximum atomic E-state index is 6.39. The number of aryl methyl sites for hydroxylation is 2. The van der Waals surface area contributed by atoms with E-state index < -0.39 is 0 Å². The molecule has 3 rings (SSSR count). The summed E-state index contributed by atoms with van der Waals surface area (Å²) in [5.41, 5.74) is 4.09. The predicted molar refractivity (Wildman–Crippen MR) is 78.7 cm³/mol. The van der Waals surface area contributed by atoms with E-state index in [9.17, 15) is 0 Å². The molecule has 1 aliphatic rings. The molecule has 0 amide bonds. The van der Waals surface area contributed by atoms with Crippen molar-refractivity contribution in [3.05, 3.63) is 53.3 Å². The van der Waals surface area contributed by atoms with Gasteiger partial charge >= 0.3 is 0 Å². The average Bonchev–Trinajstić information content (AvgIpc) is 2.84. The average molecular weight is 275 g/mol. The van der Waals surface area contributed by atoms with Crippen LogP contribution in [0.5, 0.6) is 0 Å². The molecule has 1 heterocycles. The van der Waals surface area contributed by atoms with Crippen molar-refractivity contribution in [2.75, 3.05) is 5.88 Å². The summed E-state index contributed by atoms with van der Waals surface area (Å²) in [4.78, 5) is 0. The molecule has 0 N–H and O–H groups in total. The third-order valence-electron chi connectivity index (χ3n) is 4.23. The Morgan fingerprint density at radius 2 is 2.16 bits per heavy atom. The van der Waals surface area contributed by atoms with Crippen LogP contribution in [-0.2, 0) is 25.3 Å². The Hall–Kier alpha value is -1.28. The van der Waals surface area contributed by atoms with E-state index in [1.807, 2.05) is 17.9 Å². The van der Waals surface area contributed by atoms with E-state index in [1.165, 1.54) is 24.0 Å². The first-order chi connectivity index (χ1) is 9.23. The fraction of sp³-hybridized carbons (Fsp3) is 0.438. The van der Waals surface area contributed by atoms with Crippen LogP contribution in [0.25, 0.3) is 0 Å². The number of rotatable bonds is 3. The van der Waals surface area contributed by atoms with Gasteiger partial charge in [0.1, 0.15) is 0 Å². The highest BCUT2D eigenvalue weighted by Gasteiger charge is 2.36. The molecular formula is C16H19ClN2. The second kappa shape index (κ2) is 5.01. The van der Waals surface area contributed by atoms with Crippen LogP contribution in [0.15, 0.2) is 36.5 Å². The Bertz CT molecular complexity index is 576. The highest BCUT2D eigenvalue weighted by molar-refractivity contribution is 6.18. The van der Waals surface area contributed by atoms with Crippen molar-refractivity contribution < 1.29 is 0 Å². The Balaban J connectivity index is 2.00. The lowest BCUT2D eigenvalue weighted by molar-refractivity contribution is 0.391. The predicted octanol–water partition coefficient (Wildman–Crippen LogP) is 3.48. The van der Waals surface area contributed by atoms with Crippen LogP contribution in [0.3, 0.4) is 0 Å². The molecule has 1 aromatic heterocycles. The number of fused-ring (bicyclic) bond motifs is 1. The fourth-order valence-corrected chi connectivity index (χ4v) is 3.65. The largest absolute Gasteiger partial charge is 0.276 e. The summed E-state index contributed by atoms with van der Waals surface area (Å²) in [5, 5.41) is 4.53. The minimum absolute atomic E-state index is 0.0603. The van der Waals surface area contributed by atoms with Gasteiger partial charge in [-0.15, -0.1) is 11.6 Å². The smallest absolute Gasteiger partial charge is 0.0633 e. The first kappa shape index (κ1) is 12.7. The molecule has 2 nitrogen and oxygen atoms in total. The molecule has 0 saturated carbocycles. The summed E-state index contributed by atoms with van der Waals surface area (Å²) >= 11 is 6.39. The van der Waals surface area contributed by atoms with Crippen LogP contribution in [0.1, 0.15) is 29.7 Å². The SMILES string of the molecule is Cn1ccc(CC2(CCl)CCCc3ccccc32)n1. The number of hydrogen-bond acceptors (Lipinski definition) is 1. The van der Waals surface area contributed by atoms with E-state index in [4.69, 9.17) is 11.6 Å². The van der Waals surface area contributed by atoms with Crippen LogP contribution in [0.4, 0.5) is 0 Å². The lowest BCUT2D eigenvalue weighted by Crippen LogP contribution is -2.35. The van der Waals surface area contributed by atoms with Crippen LogP contribution in [-0.4, -0.2) is 15.7 Å². The van der Waals surface area contributed by atoms with Gasteiger partial charge in [0, 0.05) is 31.0 Å². The zero-order valence-corrected chi connectivity index (χ0v) is 12.0. The van der Waals surface area contributed by atoms with Gasteiger partial charge in [-0.1, -0.05) is 24.3 Å². The number of nitrogens with zero attached hydrogens (tertiary/aromatic N) is 2. The molecule has 1 unspecified atom stereocenters. The molecule has 0 bridgehead atoms. The zero-order chi connectivity index (χ0) is 13.3. The second-order valence-electron chi connectivity index (χ2n) is 5.58. The van der Waals surface area contributed by atoms with Gasteiger partial charge in [-0.3, -0.25) is 4.68 Å². The van der Waals surface area contributed by atoms with Crippen molar-refractivity contribution in [2.24, 2.45) is 7.05 Å². The van der Waals surface area contributed by atoms with E-state index in [2.05, 4.69) is 35.4 Å². The van der Waals surface area contributed by atoms with Gasteiger partial charge in [0.05, 0.1) is 5.69 Å². The molecule has 1 atom stereocenters. The quantitative estimate of drug-likeness (QED) is 0.784. The minimum Gasteiger partial charge on any atom is -0.276 e. The Kier molecular flexibility index (Phi) is 3.36. The van der Waals surface area contributed by atoms with Crippen molar-refractivity contribution in [1.29, 1.82) is 0 Å². The molecular weight excluding hydrogens is 256 g/mol. The highest BCUT2D eigenvalue weighted by Crippen LogP contribution is 2.40. The van der Waals surface area contributed by atoms with Crippen LogP contribution < -0.4 is 0 Å². The van der Waals surface area contributed by atoms with Gasteiger partial charge in [0.15, 0.2) is 0 Å². The standard InChI is InChI=1S/C16H19ClN2/c1-19-10-8-14(18-19)11-16(12-17)9-4-6-13-5-2-3-7-15(13)16/h2-3,5,7-8,10H,4,6,9,11-12H2,1H3. The molecule has 1 aliphatic carbocycles. The number of aromatic nitrogens is 2. The van der Waals surface area contributed by atoms with Gasteiger partial charge < -0.3 is 0 Å². The minimum atomic E-state index is 0.0603. The third-order valence-corrected chi connectivity index (χ3v) is 4.75. The fourth-order valence-electron chi connectivity index (χ4n) is 3.28. The normalized spacial score (nSPS) is 22.2. The van der Waals surface area contributed by atoms with Gasteiger partial charge in [-0.2, -0.15) is 5.10 Å². The number of benzene rings is 1. The molecule has 0 spiro atoms.